The van der Waals surface area contributed by atoms with Crippen LogP contribution in [0.4, 0.5) is 0 Å². The number of carbonyl (C=O) groups is 1. The van der Waals surface area contributed by atoms with Crippen LogP contribution in [0.15, 0.2) is 30.3 Å². The van der Waals surface area contributed by atoms with Gasteiger partial charge in [-0.3, -0.25) is 0 Å². The van der Waals surface area contributed by atoms with Gasteiger partial charge in [0.2, 0.25) is 0 Å². The highest BCUT2D eigenvalue weighted by molar-refractivity contribution is 6.30. The largest absolute Gasteiger partial charge is 0.463 e. The molecule has 0 unspecified atom stereocenters. The topological polar surface area (TPSA) is 26.3 Å². The Labute approximate surface area is 94.5 Å². The molecule has 0 spiro atoms. The quantitative estimate of drug-likeness (QED) is 0.582. The van der Waals surface area contributed by atoms with Crippen molar-refractivity contribution in [3.63, 3.8) is 0 Å². The van der Waals surface area contributed by atoms with E-state index in [1.54, 1.807) is 19.1 Å². The van der Waals surface area contributed by atoms with Crippen molar-refractivity contribution in [3.05, 3.63) is 40.9 Å². The second-order valence-electron chi connectivity index (χ2n) is 3.09. The Hall–Kier alpha value is -1.28. The molecule has 1 aromatic carbocycles. The minimum atomic E-state index is -0.315. The van der Waals surface area contributed by atoms with Crippen molar-refractivity contribution in [1.29, 1.82) is 0 Å². The number of ether oxygens (including phenoxy) is 1. The van der Waals surface area contributed by atoms with E-state index in [0.717, 1.165) is 11.1 Å². The van der Waals surface area contributed by atoms with Crippen molar-refractivity contribution in [1.82, 2.24) is 0 Å². The molecule has 0 N–H and O–H groups in total. The first-order valence-corrected chi connectivity index (χ1v) is 5.12. The highest BCUT2D eigenvalue weighted by Gasteiger charge is 2.00. The zero-order valence-corrected chi connectivity index (χ0v) is 9.54. The van der Waals surface area contributed by atoms with Crippen LogP contribution in [0.3, 0.4) is 0 Å². The smallest absolute Gasteiger partial charge is 0.331 e. The Kier molecular flexibility index (Phi) is 4.37. The van der Waals surface area contributed by atoms with Gasteiger partial charge in [0.05, 0.1) is 6.61 Å². The van der Waals surface area contributed by atoms with E-state index < -0.39 is 0 Å². The molecule has 0 fully saturated rings. The Morgan fingerprint density at radius 3 is 2.53 bits per heavy atom. The van der Waals surface area contributed by atoms with Crippen LogP contribution in [0.2, 0.25) is 5.02 Å². The maximum Gasteiger partial charge on any atom is 0.331 e. The molecule has 80 valence electrons. The number of allylic oxidation sites excluding steroid dienone is 1. The summed E-state index contributed by atoms with van der Waals surface area (Å²) < 4.78 is 4.82. The second-order valence-corrected chi connectivity index (χ2v) is 3.52. The fourth-order valence-electron chi connectivity index (χ4n) is 1.16. The average Bonchev–Trinajstić information content (AvgIpc) is 2.18. The minimum Gasteiger partial charge on any atom is -0.463 e. The van der Waals surface area contributed by atoms with Crippen molar-refractivity contribution in [2.75, 3.05) is 6.61 Å². The van der Waals surface area contributed by atoms with Crippen LogP contribution >= 0.6 is 11.6 Å². The first kappa shape index (κ1) is 11.8. The van der Waals surface area contributed by atoms with Crippen molar-refractivity contribution in [3.8, 4) is 0 Å². The summed E-state index contributed by atoms with van der Waals surface area (Å²) in [5.74, 6) is -0.315. The lowest BCUT2D eigenvalue weighted by Gasteiger charge is -2.01. The van der Waals surface area contributed by atoms with Crippen molar-refractivity contribution >= 4 is 23.1 Å². The van der Waals surface area contributed by atoms with Gasteiger partial charge in [-0.05, 0) is 37.1 Å². The molecule has 15 heavy (non-hydrogen) atoms. The predicted octanol–water partition coefficient (Wildman–Crippen LogP) is 3.31. The molecule has 0 bridgehead atoms. The summed E-state index contributed by atoms with van der Waals surface area (Å²) in [5.41, 5.74) is 1.83. The van der Waals surface area contributed by atoms with Gasteiger partial charge in [0.1, 0.15) is 0 Å². The maximum atomic E-state index is 11.2. The van der Waals surface area contributed by atoms with Gasteiger partial charge in [-0.1, -0.05) is 23.7 Å². The SMILES string of the molecule is CCOC(=O)/C=C(\C)c1ccc(Cl)cc1. The van der Waals surface area contributed by atoms with E-state index in [1.165, 1.54) is 6.08 Å². The standard InChI is InChI=1S/C12H13ClO2/c1-3-15-12(14)8-9(2)10-4-6-11(13)7-5-10/h4-8H,3H2,1-2H3/b9-8+. The summed E-state index contributed by atoms with van der Waals surface area (Å²) in [6.45, 7) is 4.03. The summed E-state index contributed by atoms with van der Waals surface area (Å²) in [5, 5.41) is 0.683. The van der Waals surface area contributed by atoms with E-state index in [9.17, 15) is 4.79 Å². The van der Waals surface area contributed by atoms with Gasteiger partial charge in [-0.25, -0.2) is 4.79 Å². The molecule has 0 atom stereocenters. The number of benzene rings is 1. The van der Waals surface area contributed by atoms with Crippen molar-refractivity contribution in [2.24, 2.45) is 0 Å². The Balaban J connectivity index is 2.79. The number of hydrogen-bond acceptors (Lipinski definition) is 2. The molecule has 0 radical (unpaired) electrons. The second kappa shape index (κ2) is 5.56. The van der Waals surface area contributed by atoms with Gasteiger partial charge in [0.25, 0.3) is 0 Å². The van der Waals surface area contributed by atoms with Crippen LogP contribution in [-0.4, -0.2) is 12.6 Å². The van der Waals surface area contributed by atoms with Crippen LogP contribution in [0.5, 0.6) is 0 Å². The number of hydrogen-bond donors (Lipinski definition) is 0. The molecule has 0 aliphatic rings. The van der Waals surface area contributed by atoms with Crippen LogP contribution in [0, 0.1) is 0 Å². The maximum absolute atomic E-state index is 11.2. The summed E-state index contributed by atoms with van der Waals surface area (Å²) in [6, 6.07) is 7.32. The Morgan fingerprint density at radius 2 is 2.00 bits per heavy atom. The molecule has 0 aromatic heterocycles. The number of carbonyl (C=O) groups excluding carboxylic acids is 1. The molecule has 0 amide bonds. The number of halogens is 1. The third-order valence-electron chi connectivity index (χ3n) is 1.92. The Morgan fingerprint density at radius 1 is 1.40 bits per heavy atom. The van der Waals surface area contributed by atoms with Crippen LogP contribution in [0.1, 0.15) is 19.4 Å². The molecule has 0 saturated carbocycles. The molecule has 0 saturated heterocycles. The van der Waals surface area contributed by atoms with E-state index in [4.69, 9.17) is 16.3 Å². The Bertz CT molecular complexity index is 366. The third kappa shape index (κ3) is 3.76. The zero-order chi connectivity index (χ0) is 11.3. The fourth-order valence-corrected chi connectivity index (χ4v) is 1.28. The molecule has 0 aliphatic heterocycles. The highest BCUT2D eigenvalue weighted by atomic mass is 35.5. The fraction of sp³-hybridized carbons (Fsp3) is 0.250. The lowest BCUT2D eigenvalue weighted by Crippen LogP contribution is -2.00. The highest BCUT2D eigenvalue weighted by Crippen LogP contribution is 2.16. The first-order valence-electron chi connectivity index (χ1n) is 4.74. The molecular weight excluding hydrogens is 212 g/mol. The van der Waals surface area contributed by atoms with Crippen LogP contribution < -0.4 is 0 Å². The molecule has 1 aromatic rings. The van der Waals surface area contributed by atoms with Gasteiger partial charge in [-0.2, -0.15) is 0 Å². The monoisotopic (exact) mass is 224 g/mol. The summed E-state index contributed by atoms with van der Waals surface area (Å²) in [6.07, 6.45) is 1.48. The van der Waals surface area contributed by atoms with E-state index in [0.29, 0.717) is 11.6 Å². The molecular formula is C12H13ClO2. The average molecular weight is 225 g/mol. The minimum absolute atomic E-state index is 0.315. The van der Waals surface area contributed by atoms with Crippen LogP contribution in [-0.2, 0) is 9.53 Å². The molecule has 1 rings (SSSR count). The zero-order valence-electron chi connectivity index (χ0n) is 8.79. The summed E-state index contributed by atoms with van der Waals surface area (Å²) >= 11 is 5.76. The van der Waals surface area contributed by atoms with E-state index in [1.807, 2.05) is 19.1 Å². The molecule has 0 aliphatic carbocycles. The lowest BCUT2D eigenvalue weighted by atomic mass is 10.1. The van der Waals surface area contributed by atoms with Gasteiger partial charge >= 0.3 is 5.97 Å². The lowest BCUT2D eigenvalue weighted by molar-refractivity contribution is -0.137. The van der Waals surface area contributed by atoms with Gasteiger partial charge in [0, 0.05) is 11.1 Å². The molecule has 2 nitrogen and oxygen atoms in total. The van der Waals surface area contributed by atoms with Gasteiger partial charge < -0.3 is 4.74 Å². The molecule has 3 heteroatoms. The van der Waals surface area contributed by atoms with Crippen LogP contribution in [0.25, 0.3) is 5.57 Å². The third-order valence-corrected chi connectivity index (χ3v) is 2.17. The van der Waals surface area contributed by atoms with Crippen molar-refractivity contribution in [2.45, 2.75) is 13.8 Å². The summed E-state index contributed by atoms with van der Waals surface area (Å²) in [7, 11) is 0. The van der Waals surface area contributed by atoms with Gasteiger partial charge in [-0.15, -0.1) is 0 Å². The number of rotatable bonds is 3. The normalized spacial score (nSPS) is 11.3. The van der Waals surface area contributed by atoms with E-state index >= 15 is 0 Å². The van der Waals surface area contributed by atoms with Crippen molar-refractivity contribution < 1.29 is 9.53 Å². The van der Waals surface area contributed by atoms with Gasteiger partial charge in [0.15, 0.2) is 0 Å². The predicted molar refractivity (Wildman–Crippen MR) is 61.7 cm³/mol. The van der Waals surface area contributed by atoms with E-state index in [2.05, 4.69) is 0 Å². The molecule has 0 heterocycles. The van der Waals surface area contributed by atoms with E-state index in [-0.39, 0.29) is 5.97 Å². The number of esters is 1. The first-order chi connectivity index (χ1) is 7.13. The summed E-state index contributed by atoms with van der Waals surface area (Å²) in [4.78, 5) is 11.2.